The quantitative estimate of drug-likeness (QED) is 0.829. The summed E-state index contributed by atoms with van der Waals surface area (Å²) in [4.78, 5) is 27.7. The summed E-state index contributed by atoms with van der Waals surface area (Å²) in [6.07, 6.45) is 0.121. The smallest absolute Gasteiger partial charge is 0.311 e. The first-order chi connectivity index (χ1) is 10.5. The molecule has 0 radical (unpaired) electrons. The number of hydrogen-bond donors (Lipinski definition) is 1. The van der Waals surface area contributed by atoms with Crippen molar-refractivity contribution < 1.29 is 14.3 Å². The third-order valence-corrected chi connectivity index (χ3v) is 3.95. The average Bonchev–Trinajstić information content (AvgIpc) is 3.00. The molecular weight excluding hydrogens is 302 g/mol. The van der Waals surface area contributed by atoms with Gasteiger partial charge in [0.25, 0.3) is 0 Å². The van der Waals surface area contributed by atoms with E-state index in [0.717, 1.165) is 11.4 Å². The number of carbonyl (C=O) groups excluding carboxylic acids is 2. The van der Waals surface area contributed by atoms with Gasteiger partial charge in [-0.3, -0.25) is 9.59 Å². The Morgan fingerprint density at radius 1 is 1.32 bits per heavy atom. The lowest BCUT2D eigenvalue weighted by Crippen LogP contribution is -2.20. The van der Waals surface area contributed by atoms with E-state index in [1.54, 1.807) is 12.3 Å². The van der Waals surface area contributed by atoms with Crippen LogP contribution in [0.4, 0.5) is 5.13 Å². The predicted octanol–water partition coefficient (Wildman–Crippen LogP) is 2.31. The second-order valence-electron chi connectivity index (χ2n) is 4.88. The van der Waals surface area contributed by atoms with Crippen molar-refractivity contribution in [1.82, 2.24) is 9.55 Å². The molecule has 0 aliphatic carbocycles. The highest BCUT2D eigenvalue weighted by Crippen LogP contribution is 2.16. The molecule has 0 saturated heterocycles. The number of hydrogen-bond acceptors (Lipinski definition) is 5. The second-order valence-corrected chi connectivity index (χ2v) is 5.73. The summed E-state index contributed by atoms with van der Waals surface area (Å²) >= 11 is 1.30. The van der Waals surface area contributed by atoms with Crippen LogP contribution in [0.3, 0.4) is 0 Å². The van der Waals surface area contributed by atoms with E-state index < -0.39 is 0 Å². The van der Waals surface area contributed by atoms with Crippen LogP contribution in [-0.4, -0.2) is 28.0 Å². The number of aryl methyl sites for hydroxylation is 2. The van der Waals surface area contributed by atoms with Crippen molar-refractivity contribution in [2.45, 2.75) is 33.7 Å². The standard InChI is InChI=1S/C15H19N3O3S/c1-4-21-14(20)7-12-9-22-15(16-12)17-13(19)8-18-10(2)5-6-11(18)3/h5-6,9H,4,7-8H2,1-3H3,(H,16,17,19). The highest BCUT2D eigenvalue weighted by atomic mass is 32.1. The summed E-state index contributed by atoms with van der Waals surface area (Å²) in [5.41, 5.74) is 2.68. The van der Waals surface area contributed by atoms with Gasteiger partial charge in [-0.15, -0.1) is 11.3 Å². The molecule has 1 amide bonds. The minimum absolute atomic E-state index is 0.121. The van der Waals surface area contributed by atoms with Crippen molar-refractivity contribution in [2.24, 2.45) is 0 Å². The normalized spacial score (nSPS) is 10.5. The van der Waals surface area contributed by atoms with Crippen LogP contribution in [0.2, 0.25) is 0 Å². The van der Waals surface area contributed by atoms with Crippen molar-refractivity contribution in [2.75, 3.05) is 11.9 Å². The number of ether oxygens (including phenoxy) is 1. The zero-order valence-corrected chi connectivity index (χ0v) is 13.7. The number of anilines is 1. The number of nitrogens with zero attached hydrogens (tertiary/aromatic N) is 2. The van der Waals surface area contributed by atoms with Gasteiger partial charge in [-0.25, -0.2) is 4.98 Å². The van der Waals surface area contributed by atoms with Crippen LogP contribution in [-0.2, 0) is 27.3 Å². The third-order valence-electron chi connectivity index (χ3n) is 3.15. The maximum absolute atomic E-state index is 12.1. The van der Waals surface area contributed by atoms with E-state index in [1.165, 1.54) is 11.3 Å². The summed E-state index contributed by atoms with van der Waals surface area (Å²) in [6.45, 7) is 6.28. The molecular formula is C15H19N3O3S. The van der Waals surface area contributed by atoms with Crippen molar-refractivity contribution in [3.63, 3.8) is 0 Å². The number of esters is 1. The molecule has 2 aromatic heterocycles. The first-order valence-corrected chi connectivity index (χ1v) is 7.90. The van der Waals surface area contributed by atoms with Gasteiger partial charge in [-0.1, -0.05) is 0 Å². The van der Waals surface area contributed by atoms with Crippen molar-refractivity contribution in [3.8, 4) is 0 Å². The molecule has 0 spiro atoms. The molecule has 0 aromatic carbocycles. The first-order valence-electron chi connectivity index (χ1n) is 7.02. The summed E-state index contributed by atoms with van der Waals surface area (Å²) in [7, 11) is 0. The summed E-state index contributed by atoms with van der Waals surface area (Å²) in [5.74, 6) is -0.455. The summed E-state index contributed by atoms with van der Waals surface area (Å²) in [5, 5.41) is 5.00. The molecule has 2 rings (SSSR count). The molecule has 1 N–H and O–H groups in total. The lowest BCUT2D eigenvalue weighted by molar-refractivity contribution is -0.142. The second kappa shape index (κ2) is 7.22. The van der Waals surface area contributed by atoms with Gasteiger partial charge in [0.15, 0.2) is 5.13 Å². The van der Waals surface area contributed by atoms with Gasteiger partial charge in [-0.2, -0.15) is 0 Å². The number of aromatic nitrogens is 2. The molecule has 2 aromatic rings. The van der Waals surface area contributed by atoms with E-state index in [0.29, 0.717) is 17.4 Å². The Balaban J connectivity index is 1.92. The van der Waals surface area contributed by atoms with E-state index in [9.17, 15) is 9.59 Å². The molecule has 0 unspecified atom stereocenters. The van der Waals surface area contributed by atoms with E-state index in [4.69, 9.17) is 4.74 Å². The van der Waals surface area contributed by atoms with Gasteiger partial charge in [0.2, 0.25) is 5.91 Å². The van der Waals surface area contributed by atoms with Crippen LogP contribution in [0.5, 0.6) is 0 Å². The van der Waals surface area contributed by atoms with Crippen LogP contribution in [0.1, 0.15) is 24.0 Å². The van der Waals surface area contributed by atoms with Gasteiger partial charge < -0.3 is 14.6 Å². The number of thiazole rings is 1. The molecule has 2 heterocycles. The minimum atomic E-state index is -0.315. The van der Waals surface area contributed by atoms with Gasteiger partial charge in [-0.05, 0) is 32.9 Å². The Labute approximate surface area is 133 Å². The number of rotatable bonds is 6. The molecule has 0 aliphatic heterocycles. The van der Waals surface area contributed by atoms with Crippen molar-refractivity contribution in [1.29, 1.82) is 0 Å². The fourth-order valence-corrected chi connectivity index (χ4v) is 2.78. The lowest BCUT2D eigenvalue weighted by Gasteiger charge is -2.08. The fourth-order valence-electron chi connectivity index (χ4n) is 2.06. The van der Waals surface area contributed by atoms with E-state index in [2.05, 4.69) is 10.3 Å². The average molecular weight is 321 g/mol. The SMILES string of the molecule is CCOC(=O)Cc1csc(NC(=O)Cn2c(C)ccc2C)n1. The lowest BCUT2D eigenvalue weighted by atomic mass is 10.3. The molecule has 0 atom stereocenters. The topological polar surface area (TPSA) is 73.2 Å². The monoisotopic (exact) mass is 321 g/mol. The zero-order valence-electron chi connectivity index (χ0n) is 12.9. The Kier molecular flexibility index (Phi) is 5.32. The predicted molar refractivity (Wildman–Crippen MR) is 85.0 cm³/mol. The van der Waals surface area contributed by atoms with E-state index in [1.807, 2.05) is 30.5 Å². The third kappa shape index (κ3) is 4.17. The summed E-state index contributed by atoms with van der Waals surface area (Å²) in [6, 6.07) is 3.95. The number of carbonyl (C=O) groups is 2. The van der Waals surface area contributed by atoms with Crippen molar-refractivity contribution in [3.05, 3.63) is 34.6 Å². The van der Waals surface area contributed by atoms with E-state index in [-0.39, 0.29) is 24.8 Å². The molecule has 0 saturated carbocycles. The molecule has 0 aliphatic rings. The maximum Gasteiger partial charge on any atom is 0.311 e. The van der Waals surface area contributed by atoms with Gasteiger partial charge in [0.05, 0.1) is 18.7 Å². The first kappa shape index (κ1) is 16.2. The highest BCUT2D eigenvalue weighted by Gasteiger charge is 2.12. The Bertz CT molecular complexity index is 656. The minimum Gasteiger partial charge on any atom is -0.466 e. The van der Waals surface area contributed by atoms with Crippen LogP contribution >= 0.6 is 11.3 Å². The highest BCUT2D eigenvalue weighted by molar-refractivity contribution is 7.13. The molecule has 22 heavy (non-hydrogen) atoms. The van der Waals surface area contributed by atoms with Crippen LogP contribution in [0, 0.1) is 13.8 Å². The molecule has 0 fully saturated rings. The molecule has 7 heteroatoms. The number of nitrogens with one attached hydrogen (secondary N) is 1. The molecule has 118 valence electrons. The maximum atomic E-state index is 12.1. The Morgan fingerprint density at radius 3 is 2.64 bits per heavy atom. The number of amides is 1. The van der Waals surface area contributed by atoms with Gasteiger partial charge in [0, 0.05) is 16.8 Å². The van der Waals surface area contributed by atoms with Crippen LogP contribution in [0.15, 0.2) is 17.5 Å². The largest absolute Gasteiger partial charge is 0.466 e. The summed E-state index contributed by atoms with van der Waals surface area (Å²) < 4.78 is 6.80. The van der Waals surface area contributed by atoms with Gasteiger partial charge in [0.1, 0.15) is 6.54 Å². The Morgan fingerprint density at radius 2 is 2.00 bits per heavy atom. The van der Waals surface area contributed by atoms with Crippen LogP contribution < -0.4 is 5.32 Å². The van der Waals surface area contributed by atoms with E-state index >= 15 is 0 Å². The zero-order chi connectivity index (χ0) is 16.1. The van der Waals surface area contributed by atoms with Crippen LogP contribution in [0.25, 0.3) is 0 Å². The molecule has 6 nitrogen and oxygen atoms in total. The van der Waals surface area contributed by atoms with Crippen molar-refractivity contribution >= 4 is 28.3 Å². The fraction of sp³-hybridized carbons (Fsp3) is 0.400. The molecule has 0 bridgehead atoms. The van der Waals surface area contributed by atoms with Gasteiger partial charge >= 0.3 is 5.97 Å². The Hall–Kier alpha value is -2.15.